The summed E-state index contributed by atoms with van der Waals surface area (Å²) in [6.07, 6.45) is 0.840. The lowest BCUT2D eigenvalue weighted by Gasteiger charge is -2.07. The highest BCUT2D eigenvalue weighted by molar-refractivity contribution is 9.08. The molecule has 0 atom stereocenters. The van der Waals surface area contributed by atoms with Gasteiger partial charge in [0.05, 0.1) is 12.7 Å². The van der Waals surface area contributed by atoms with Crippen LogP contribution in [-0.2, 0) is 16.4 Å². The highest BCUT2D eigenvalue weighted by atomic mass is 79.9. The molecule has 0 amide bonds. The molecule has 0 N–H and O–H groups in total. The minimum Gasteiger partial charge on any atom is -0.465 e. The first-order chi connectivity index (χ1) is 6.72. The van der Waals surface area contributed by atoms with Gasteiger partial charge in [0, 0.05) is 5.33 Å². The third kappa shape index (κ3) is 2.38. The number of alkyl halides is 1. The lowest BCUT2D eigenvalue weighted by molar-refractivity contribution is 0.0599. The minimum atomic E-state index is -0.260. The van der Waals surface area contributed by atoms with E-state index >= 15 is 0 Å². The van der Waals surface area contributed by atoms with Crippen molar-refractivity contribution < 1.29 is 9.53 Å². The van der Waals surface area contributed by atoms with E-state index in [9.17, 15) is 4.79 Å². The normalized spacial score (nSPS) is 9.86. The predicted octanol–water partition coefficient (Wildman–Crippen LogP) is 1.50. The molecule has 0 aromatic heterocycles. The molecule has 1 aromatic carbocycles. The summed E-state index contributed by atoms with van der Waals surface area (Å²) >= 11 is 3.36. The number of halogens is 1. The van der Waals surface area contributed by atoms with E-state index in [4.69, 9.17) is 4.74 Å². The Labute approximate surface area is 93.2 Å². The third-order valence-electron chi connectivity index (χ3n) is 2.11. The van der Waals surface area contributed by atoms with Crippen molar-refractivity contribution in [2.24, 2.45) is 0 Å². The Morgan fingerprint density at radius 1 is 1.57 bits per heavy atom. The summed E-state index contributed by atoms with van der Waals surface area (Å²) in [7, 11) is 3.43. The predicted molar refractivity (Wildman–Crippen MR) is 62.7 cm³/mol. The van der Waals surface area contributed by atoms with Gasteiger partial charge in [0.15, 0.2) is 0 Å². The van der Waals surface area contributed by atoms with Crippen LogP contribution in [0.15, 0.2) is 18.2 Å². The fourth-order valence-corrected chi connectivity index (χ4v) is 1.66. The summed E-state index contributed by atoms with van der Waals surface area (Å²) in [4.78, 5) is 11.4. The summed E-state index contributed by atoms with van der Waals surface area (Å²) in [6.45, 7) is 0. The second-order valence-corrected chi connectivity index (χ2v) is 3.53. The van der Waals surface area contributed by atoms with Gasteiger partial charge >= 0.3 is 5.97 Å². The van der Waals surface area contributed by atoms with Gasteiger partial charge in [0.25, 0.3) is 0 Å². The molecular formula is C10H12BBrO2. The minimum absolute atomic E-state index is 0.260. The first-order valence-electron chi connectivity index (χ1n) is 4.49. The van der Waals surface area contributed by atoms with Crippen LogP contribution >= 0.6 is 15.9 Å². The van der Waals surface area contributed by atoms with Gasteiger partial charge in [-0.3, -0.25) is 0 Å². The number of ether oxygens (including phenoxy) is 1. The maximum Gasteiger partial charge on any atom is 0.338 e. The quantitative estimate of drug-likeness (QED) is 0.464. The lowest BCUT2D eigenvalue weighted by atomic mass is 9.92. The van der Waals surface area contributed by atoms with Crippen LogP contribution in [-0.4, -0.2) is 20.9 Å². The van der Waals surface area contributed by atoms with E-state index in [1.807, 2.05) is 26.0 Å². The van der Waals surface area contributed by atoms with Crippen LogP contribution in [0.1, 0.15) is 21.5 Å². The molecule has 1 rings (SSSR count). The molecule has 0 aliphatic heterocycles. The standard InChI is InChI=1S/C10H12BBrO2/c1-14-10(13)9-4-7(6-12)2-3-8(9)5-11/h2-4H,5-6,11H2,1H3. The van der Waals surface area contributed by atoms with Crippen molar-refractivity contribution in [3.63, 3.8) is 0 Å². The number of esters is 1. The van der Waals surface area contributed by atoms with Crippen molar-refractivity contribution in [2.75, 3.05) is 7.11 Å². The van der Waals surface area contributed by atoms with Crippen molar-refractivity contribution in [1.29, 1.82) is 0 Å². The van der Waals surface area contributed by atoms with E-state index in [0.717, 1.165) is 22.8 Å². The van der Waals surface area contributed by atoms with Crippen LogP contribution in [0, 0.1) is 0 Å². The summed E-state index contributed by atoms with van der Waals surface area (Å²) in [5, 5.41) is 0.751. The molecule has 4 heteroatoms. The van der Waals surface area contributed by atoms with E-state index in [-0.39, 0.29) is 5.97 Å². The zero-order valence-corrected chi connectivity index (χ0v) is 9.93. The van der Waals surface area contributed by atoms with Gasteiger partial charge in [-0.1, -0.05) is 34.4 Å². The molecule has 2 nitrogen and oxygen atoms in total. The zero-order valence-electron chi connectivity index (χ0n) is 8.34. The van der Waals surface area contributed by atoms with E-state index < -0.39 is 0 Å². The van der Waals surface area contributed by atoms with E-state index in [0.29, 0.717) is 5.56 Å². The monoisotopic (exact) mass is 254 g/mol. The van der Waals surface area contributed by atoms with Crippen molar-refractivity contribution in [3.05, 3.63) is 34.9 Å². The fraction of sp³-hybridized carbons (Fsp3) is 0.300. The molecule has 0 radical (unpaired) electrons. The van der Waals surface area contributed by atoms with Crippen molar-refractivity contribution in [2.45, 2.75) is 11.7 Å². The molecule has 0 heterocycles. The van der Waals surface area contributed by atoms with Crippen LogP contribution < -0.4 is 0 Å². The van der Waals surface area contributed by atoms with E-state index in [1.54, 1.807) is 0 Å². The number of carbonyl (C=O) groups excluding carboxylic acids is 1. The second-order valence-electron chi connectivity index (χ2n) is 2.97. The first-order valence-corrected chi connectivity index (χ1v) is 5.61. The average Bonchev–Trinajstić information content (AvgIpc) is 2.27. The Bertz CT molecular complexity index is 339. The Balaban J connectivity index is 3.14. The molecule has 0 bridgehead atoms. The van der Waals surface area contributed by atoms with Crippen molar-refractivity contribution in [3.8, 4) is 0 Å². The maximum atomic E-state index is 11.4. The summed E-state index contributed by atoms with van der Waals surface area (Å²) in [5.41, 5.74) is 2.79. The third-order valence-corrected chi connectivity index (χ3v) is 2.76. The Morgan fingerprint density at radius 3 is 2.79 bits per heavy atom. The highest BCUT2D eigenvalue weighted by Gasteiger charge is 2.10. The van der Waals surface area contributed by atoms with Crippen LogP contribution in [0.4, 0.5) is 0 Å². The molecule has 0 aliphatic carbocycles. The van der Waals surface area contributed by atoms with Gasteiger partial charge in [-0.2, -0.15) is 0 Å². The number of benzene rings is 1. The van der Waals surface area contributed by atoms with E-state index in [2.05, 4.69) is 15.9 Å². The number of hydrogen-bond donors (Lipinski definition) is 0. The molecule has 0 spiro atoms. The molecule has 14 heavy (non-hydrogen) atoms. The van der Waals surface area contributed by atoms with Crippen LogP contribution in [0.3, 0.4) is 0 Å². The molecule has 0 aliphatic rings. The number of hydrogen-bond acceptors (Lipinski definition) is 2. The smallest absolute Gasteiger partial charge is 0.338 e. The Morgan fingerprint density at radius 2 is 2.29 bits per heavy atom. The second kappa shape index (κ2) is 5.20. The Kier molecular flexibility index (Phi) is 4.20. The summed E-state index contributed by atoms with van der Waals surface area (Å²) in [5.74, 6) is -0.260. The van der Waals surface area contributed by atoms with Gasteiger partial charge in [0.1, 0.15) is 7.85 Å². The topological polar surface area (TPSA) is 26.3 Å². The maximum absolute atomic E-state index is 11.4. The average molecular weight is 255 g/mol. The van der Waals surface area contributed by atoms with Crippen LogP contribution in [0.25, 0.3) is 0 Å². The van der Waals surface area contributed by atoms with E-state index in [1.165, 1.54) is 7.11 Å². The largest absolute Gasteiger partial charge is 0.465 e. The van der Waals surface area contributed by atoms with Crippen LogP contribution in [0.2, 0.25) is 0 Å². The molecule has 0 saturated heterocycles. The van der Waals surface area contributed by atoms with Gasteiger partial charge in [0.2, 0.25) is 0 Å². The molecule has 1 aromatic rings. The summed E-state index contributed by atoms with van der Waals surface area (Å²) < 4.78 is 4.72. The van der Waals surface area contributed by atoms with Gasteiger partial charge < -0.3 is 4.74 Å². The summed E-state index contributed by atoms with van der Waals surface area (Å²) in [6, 6.07) is 5.86. The fourth-order valence-electron chi connectivity index (χ4n) is 1.32. The number of carbonyl (C=O) groups is 1. The molecule has 0 saturated carbocycles. The molecule has 0 fully saturated rings. The highest BCUT2D eigenvalue weighted by Crippen LogP contribution is 2.15. The molecular weight excluding hydrogens is 243 g/mol. The number of methoxy groups -OCH3 is 1. The zero-order chi connectivity index (χ0) is 10.6. The van der Waals surface area contributed by atoms with Gasteiger partial charge in [-0.05, 0) is 17.2 Å². The van der Waals surface area contributed by atoms with Gasteiger partial charge in [-0.25, -0.2) is 4.79 Å². The SMILES string of the molecule is BCc1ccc(CBr)cc1C(=O)OC. The molecule has 74 valence electrons. The van der Waals surface area contributed by atoms with Gasteiger partial charge in [-0.15, -0.1) is 0 Å². The van der Waals surface area contributed by atoms with Crippen molar-refractivity contribution >= 4 is 29.7 Å². The Hall–Kier alpha value is -0.765. The van der Waals surface area contributed by atoms with Crippen molar-refractivity contribution in [1.82, 2.24) is 0 Å². The lowest BCUT2D eigenvalue weighted by Crippen LogP contribution is -2.06. The first kappa shape index (κ1) is 11.3. The molecule has 0 unspecified atom stereocenters. The number of rotatable bonds is 3. The van der Waals surface area contributed by atoms with Crippen LogP contribution in [0.5, 0.6) is 0 Å².